The molecule has 0 saturated heterocycles. The van der Waals surface area contributed by atoms with Gasteiger partial charge in [0.1, 0.15) is 17.6 Å². The summed E-state index contributed by atoms with van der Waals surface area (Å²) in [6, 6.07) is -0.927. The summed E-state index contributed by atoms with van der Waals surface area (Å²) >= 11 is 0. The van der Waals surface area contributed by atoms with Crippen LogP contribution in [0.5, 0.6) is 0 Å². The van der Waals surface area contributed by atoms with Crippen molar-refractivity contribution in [1.82, 2.24) is 0 Å². The van der Waals surface area contributed by atoms with E-state index in [1.54, 1.807) is 12.2 Å². The molecule has 0 radical (unpaired) electrons. The zero-order chi connectivity index (χ0) is 14.6. The lowest BCUT2D eigenvalue weighted by Gasteiger charge is -2.22. The maximum atomic E-state index is 11.5. The van der Waals surface area contributed by atoms with Crippen LogP contribution in [0.25, 0.3) is 0 Å². The second-order valence-electron chi connectivity index (χ2n) is 4.89. The molecule has 1 aliphatic rings. The molecule has 104 valence electrons. The molecule has 2 atom stereocenters. The number of carbonyl (C=O) groups excluding carboxylic acids is 2. The van der Waals surface area contributed by atoms with E-state index >= 15 is 0 Å². The molecule has 5 nitrogen and oxygen atoms in total. The van der Waals surface area contributed by atoms with Crippen molar-refractivity contribution in [3.05, 3.63) is 23.8 Å². The number of ketones is 2. The van der Waals surface area contributed by atoms with E-state index in [9.17, 15) is 14.4 Å². The molecule has 0 fully saturated rings. The molecule has 0 amide bonds. The summed E-state index contributed by atoms with van der Waals surface area (Å²) in [6.45, 7) is 2.83. The van der Waals surface area contributed by atoms with Crippen LogP contribution in [-0.4, -0.2) is 28.7 Å². The van der Waals surface area contributed by atoms with Gasteiger partial charge in [0.05, 0.1) is 5.92 Å². The molecule has 0 spiro atoms. The molecule has 1 aliphatic carbocycles. The van der Waals surface area contributed by atoms with Crippen molar-refractivity contribution >= 4 is 17.5 Å². The zero-order valence-corrected chi connectivity index (χ0v) is 11.1. The summed E-state index contributed by atoms with van der Waals surface area (Å²) < 4.78 is 0. The van der Waals surface area contributed by atoms with E-state index in [2.05, 4.69) is 0 Å². The number of carboxylic acids is 1. The van der Waals surface area contributed by atoms with Gasteiger partial charge in [-0.15, -0.1) is 0 Å². The Kier molecular flexibility index (Phi) is 5.18. The summed E-state index contributed by atoms with van der Waals surface area (Å²) in [5, 5.41) is 8.73. The Labute approximate surface area is 112 Å². The van der Waals surface area contributed by atoms with E-state index < -0.39 is 17.9 Å². The number of aliphatic carboxylic acids is 1. The molecule has 0 aliphatic heterocycles. The monoisotopic (exact) mass is 265 g/mol. The Morgan fingerprint density at radius 2 is 1.95 bits per heavy atom. The van der Waals surface area contributed by atoms with E-state index in [1.807, 2.05) is 6.08 Å². The number of Topliss-reactive ketones (excluding diaryl/α,β-unsaturated/α-hetero) is 2. The van der Waals surface area contributed by atoms with Gasteiger partial charge in [-0.25, -0.2) is 0 Å². The lowest BCUT2D eigenvalue weighted by atomic mass is 9.80. The minimum absolute atomic E-state index is 0.138. The quantitative estimate of drug-likeness (QED) is 0.700. The molecule has 0 saturated carbocycles. The first kappa shape index (κ1) is 15.3. The van der Waals surface area contributed by atoms with E-state index in [0.717, 1.165) is 5.57 Å². The predicted molar refractivity (Wildman–Crippen MR) is 70.4 cm³/mol. The first-order valence-corrected chi connectivity index (χ1v) is 6.19. The van der Waals surface area contributed by atoms with Gasteiger partial charge in [-0.2, -0.15) is 0 Å². The fraction of sp³-hybridized carbons (Fsp3) is 0.500. The molecule has 3 N–H and O–H groups in total. The number of rotatable bonds is 6. The van der Waals surface area contributed by atoms with Crippen LogP contribution in [0.1, 0.15) is 26.7 Å². The molecule has 1 rings (SSSR count). The average molecular weight is 265 g/mol. The van der Waals surface area contributed by atoms with Crippen LogP contribution in [0.15, 0.2) is 23.8 Å². The molecular weight excluding hydrogens is 246 g/mol. The smallest absolute Gasteiger partial charge is 0.320 e. The molecule has 19 heavy (non-hydrogen) atoms. The fourth-order valence-corrected chi connectivity index (χ4v) is 2.31. The van der Waals surface area contributed by atoms with Crippen molar-refractivity contribution in [2.24, 2.45) is 17.6 Å². The number of nitrogens with two attached hydrogens (primary N) is 1. The largest absolute Gasteiger partial charge is 0.480 e. The first-order chi connectivity index (χ1) is 8.82. The van der Waals surface area contributed by atoms with Crippen molar-refractivity contribution in [1.29, 1.82) is 0 Å². The standard InChI is InChI=1S/C14H19NO4/c1-8(16)13(9(2)17)11-5-3-10(4-6-11)7-12(15)14(18)19/h3-5,11-13H,6-7,15H2,1-2H3,(H,18,19). The number of hydrogen-bond donors (Lipinski definition) is 2. The van der Waals surface area contributed by atoms with Gasteiger partial charge >= 0.3 is 5.97 Å². The van der Waals surface area contributed by atoms with E-state index in [1.165, 1.54) is 13.8 Å². The highest BCUT2D eigenvalue weighted by atomic mass is 16.4. The van der Waals surface area contributed by atoms with Crippen molar-refractivity contribution < 1.29 is 19.5 Å². The van der Waals surface area contributed by atoms with Crippen LogP contribution < -0.4 is 5.73 Å². The van der Waals surface area contributed by atoms with Crippen molar-refractivity contribution in [3.63, 3.8) is 0 Å². The van der Waals surface area contributed by atoms with E-state index in [4.69, 9.17) is 10.8 Å². The van der Waals surface area contributed by atoms with Crippen LogP contribution in [0, 0.1) is 11.8 Å². The average Bonchev–Trinajstić information content (AvgIpc) is 2.30. The van der Waals surface area contributed by atoms with Gasteiger partial charge in [0.15, 0.2) is 0 Å². The summed E-state index contributed by atoms with van der Waals surface area (Å²) in [6.07, 6.45) is 6.23. The Balaban J connectivity index is 2.68. The van der Waals surface area contributed by atoms with Crippen LogP contribution in [0.2, 0.25) is 0 Å². The van der Waals surface area contributed by atoms with Crippen LogP contribution in [0.3, 0.4) is 0 Å². The highest BCUT2D eigenvalue weighted by molar-refractivity contribution is 6.00. The van der Waals surface area contributed by atoms with E-state index in [0.29, 0.717) is 6.42 Å². The SMILES string of the molecule is CC(=O)C(C(C)=O)C1C=CC(CC(N)C(=O)O)=CC1. The number of hydrogen-bond acceptors (Lipinski definition) is 4. The second kappa shape index (κ2) is 6.43. The molecule has 0 aromatic carbocycles. The summed E-state index contributed by atoms with van der Waals surface area (Å²) in [4.78, 5) is 33.6. The van der Waals surface area contributed by atoms with Gasteiger partial charge < -0.3 is 10.8 Å². The van der Waals surface area contributed by atoms with Crippen LogP contribution in [0.4, 0.5) is 0 Å². The van der Waals surface area contributed by atoms with E-state index in [-0.39, 0.29) is 23.9 Å². The lowest BCUT2D eigenvalue weighted by Crippen LogP contribution is -2.31. The minimum atomic E-state index is -1.04. The van der Waals surface area contributed by atoms with Gasteiger partial charge in [0.25, 0.3) is 0 Å². The molecule has 0 aromatic rings. The Bertz CT molecular complexity index is 436. The maximum absolute atomic E-state index is 11.5. The van der Waals surface area contributed by atoms with Gasteiger partial charge in [-0.3, -0.25) is 14.4 Å². The zero-order valence-electron chi connectivity index (χ0n) is 11.1. The Hall–Kier alpha value is -1.75. The van der Waals surface area contributed by atoms with Crippen LogP contribution >= 0.6 is 0 Å². The van der Waals surface area contributed by atoms with Crippen molar-refractivity contribution in [3.8, 4) is 0 Å². The Morgan fingerprint density at radius 3 is 2.32 bits per heavy atom. The molecule has 5 heteroatoms. The first-order valence-electron chi connectivity index (χ1n) is 6.19. The van der Waals surface area contributed by atoms with Gasteiger partial charge in [-0.05, 0) is 32.6 Å². The molecule has 0 bridgehead atoms. The molecule has 0 aromatic heterocycles. The molecule has 0 heterocycles. The summed E-state index contributed by atoms with van der Waals surface area (Å²) in [5.74, 6) is -2.06. The van der Waals surface area contributed by atoms with Crippen molar-refractivity contribution in [2.75, 3.05) is 0 Å². The minimum Gasteiger partial charge on any atom is -0.480 e. The third-order valence-corrected chi connectivity index (χ3v) is 3.29. The van der Waals surface area contributed by atoms with Gasteiger partial charge in [-0.1, -0.05) is 23.8 Å². The lowest BCUT2D eigenvalue weighted by molar-refractivity contribution is -0.138. The summed E-state index contributed by atoms with van der Waals surface area (Å²) in [7, 11) is 0. The predicted octanol–water partition coefficient (Wildman–Crippen LogP) is 1.09. The molecule has 2 unspecified atom stereocenters. The maximum Gasteiger partial charge on any atom is 0.320 e. The molecular formula is C14H19NO4. The highest BCUT2D eigenvalue weighted by Crippen LogP contribution is 2.26. The second-order valence-corrected chi connectivity index (χ2v) is 4.89. The fourth-order valence-electron chi connectivity index (χ4n) is 2.31. The number of carbonyl (C=O) groups is 3. The number of allylic oxidation sites excluding steroid dienone is 3. The summed E-state index contributed by atoms with van der Waals surface area (Å²) in [5.41, 5.74) is 6.29. The highest BCUT2D eigenvalue weighted by Gasteiger charge is 2.28. The number of carboxylic acid groups (broad SMARTS) is 1. The van der Waals surface area contributed by atoms with Crippen molar-refractivity contribution in [2.45, 2.75) is 32.7 Å². The van der Waals surface area contributed by atoms with Gasteiger partial charge in [0.2, 0.25) is 0 Å². The van der Waals surface area contributed by atoms with Gasteiger partial charge in [0, 0.05) is 0 Å². The third-order valence-electron chi connectivity index (χ3n) is 3.29. The van der Waals surface area contributed by atoms with Crippen LogP contribution in [-0.2, 0) is 14.4 Å². The normalized spacial score (nSPS) is 20.0. The third kappa shape index (κ3) is 4.13. The Morgan fingerprint density at radius 1 is 1.37 bits per heavy atom. The topological polar surface area (TPSA) is 97.5 Å².